The Hall–Kier alpha value is -2.28. The number of hydrogen-bond donors (Lipinski definition) is 1. The van der Waals surface area contributed by atoms with Crippen LogP contribution in [0.25, 0.3) is 0 Å². The van der Waals surface area contributed by atoms with Crippen molar-refractivity contribution in [3.05, 3.63) is 24.3 Å². The molecule has 142 valence electrons. The summed E-state index contributed by atoms with van der Waals surface area (Å²) in [6.45, 7) is 9.21. The minimum atomic E-state index is -0.583. The maximum Gasteiger partial charge on any atom is 0.408 e. The average Bonchev–Trinajstić information content (AvgIpc) is 2.95. The molecule has 1 aromatic rings. The van der Waals surface area contributed by atoms with Gasteiger partial charge in [-0.25, -0.2) is 4.79 Å². The molecule has 1 aromatic carbocycles. The summed E-state index contributed by atoms with van der Waals surface area (Å²) in [5.41, 5.74) is 1.40. The molecule has 1 N–H and O–H groups in total. The first-order valence-corrected chi connectivity index (χ1v) is 9.07. The Morgan fingerprint density at radius 1 is 1.12 bits per heavy atom. The third-order valence-electron chi connectivity index (χ3n) is 4.43. The Balaban J connectivity index is 1.60. The van der Waals surface area contributed by atoms with Gasteiger partial charge in [0, 0.05) is 31.0 Å². The molecule has 0 spiro atoms. The van der Waals surface area contributed by atoms with E-state index in [1.54, 1.807) is 25.7 Å². The molecule has 3 rings (SSSR count). The topological polar surface area (TPSA) is 71.1 Å². The van der Waals surface area contributed by atoms with Crippen molar-refractivity contribution in [2.45, 2.75) is 38.8 Å². The molecule has 2 amide bonds. The minimum absolute atomic E-state index is 0.102. The van der Waals surface area contributed by atoms with E-state index in [0.29, 0.717) is 13.0 Å². The van der Waals surface area contributed by atoms with Crippen molar-refractivity contribution < 1.29 is 19.1 Å². The number of morpholine rings is 1. The van der Waals surface area contributed by atoms with Crippen molar-refractivity contribution in [2.24, 2.45) is 0 Å². The number of nitrogens with one attached hydrogen (secondary N) is 1. The second-order valence-corrected chi connectivity index (χ2v) is 7.59. The fraction of sp³-hybridized carbons (Fsp3) is 0.579. The zero-order valence-electron chi connectivity index (χ0n) is 15.7. The van der Waals surface area contributed by atoms with Gasteiger partial charge in [0.15, 0.2) is 0 Å². The molecule has 0 aromatic heterocycles. The first kappa shape index (κ1) is 18.5. The molecule has 0 saturated carbocycles. The number of ether oxygens (including phenoxy) is 2. The van der Waals surface area contributed by atoms with E-state index >= 15 is 0 Å². The number of alkyl carbamates (subject to hydrolysis) is 1. The predicted octanol–water partition coefficient (Wildman–Crippen LogP) is 2.15. The third-order valence-corrected chi connectivity index (χ3v) is 4.43. The van der Waals surface area contributed by atoms with Crippen LogP contribution < -0.4 is 15.1 Å². The van der Waals surface area contributed by atoms with E-state index in [0.717, 1.165) is 37.7 Å². The van der Waals surface area contributed by atoms with E-state index in [-0.39, 0.29) is 5.91 Å². The Morgan fingerprint density at radius 3 is 2.35 bits per heavy atom. The van der Waals surface area contributed by atoms with Crippen molar-refractivity contribution in [3.63, 3.8) is 0 Å². The van der Waals surface area contributed by atoms with Crippen LogP contribution in [-0.4, -0.2) is 56.5 Å². The van der Waals surface area contributed by atoms with Gasteiger partial charge in [-0.1, -0.05) is 0 Å². The van der Waals surface area contributed by atoms with E-state index in [4.69, 9.17) is 9.47 Å². The lowest BCUT2D eigenvalue weighted by atomic mass is 10.2. The van der Waals surface area contributed by atoms with Crippen molar-refractivity contribution in [2.75, 3.05) is 42.6 Å². The smallest absolute Gasteiger partial charge is 0.408 e. The van der Waals surface area contributed by atoms with Gasteiger partial charge in [0.25, 0.3) is 0 Å². The number of hydrogen-bond acceptors (Lipinski definition) is 5. The number of benzene rings is 1. The quantitative estimate of drug-likeness (QED) is 0.893. The lowest BCUT2D eigenvalue weighted by Gasteiger charge is -2.29. The molecule has 0 unspecified atom stereocenters. The van der Waals surface area contributed by atoms with E-state index < -0.39 is 17.7 Å². The number of anilines is 2. The number of carbonyl (C=O) groups is 2. The molecular weight excluding hydrogens is 334 g/mol. The van der Waals surface area contributed by atoms with Gasteiger partial charge in [-0.15, -0.1) is 0 Å². The van der Waals surface area contributed by atoms with Crippen molar-refractivity contribution in [3.8, 4) is 0 Å². The second kappa shape index (κ2) is 7.53. The first-order valence-electron chi connectivity index (χ1n) is 9.07. The molecule has 2 saturated heterocycles. The lowest BCUT2D eigenvalue weighted by molar-refractivity contribution is -0.118. The summed E-state index contributed by atoms with van der Waals surface area (Å²) < 4.78 is 10.6. The van der Waals surface area contributed by atoms with E-state index in [1.165, 1.54) is 0 Å². The molecule has 2 heterocycles. The molecule has 26 heavy (non-hydrogen) atoms. The van der Waals surface area contributed by atoms with Gasteiger partial charge in [0.05, 0.1) is 13.2 Å². The van der Waals surface area contributed by atoms with Gasteiger partial charge >= 0.3 is 6.09 Å². The number of amides is 2. The standard InChI is InChI=1S/C19H27N3O4/c1-19(2,3)26-18(24)20-16-8-9-22(17(16)23)15-6-4-14(5-7-15)21-10-12-25-13-11-21/h4-7,16H,8-13H2,1-3H3,(H,20,24)/t16-/m0/s1. The van der Waals surface area contributed by atoms with Crippen LogP contribution in [0.2, 0.25) is 0 Å². The highest BCUT2D eigenvalue weighted by Gasteiger charge is 2.34. The van der Waals surface area contributed by atoms with E-state index in [2.05, 4.69) is 10.2 Å². The SMILES string of the molecule is CC(C)(C)OC(=O)N[C@H]1CCN(c2ccc(N3CCOCC3)cc2)C1=O. The average molecular weight is 361 g/mol. The molecule has 7 nitrogen and oxygen atoms in total. The van der Waals surface area contributed by atoms with Crippen LogP contribution in [0, 0.1) is 0 Å². The predicted molar refractivity (Wildman–Crippen MR) is 99.6 cm³/mol. The van der Waals surface area contributed by atoms with Gasteiger partial charge < -0.3 is 24.6 Å². The van der Waals surface area contributed by atoms with Gasteiger partial charge in [0.2, 0.25) is 5.91 Å². The normalized spacial score (nSPS) is 21.0. The van der Waals surface area contributed by atoms with E-state index in [9.17, 15) is 9.59 Å². The van der Waals surface area contributed by atoms with Crippen LogP contribution in [0.1, 0.15) is 27.2 Å². The van der Waals surface area contributed by atoms with Gasteiger partial charge in [-0.3, -0.25) is 4.79 Å². The van der Waals surface area contributed by atoms with Crippen LogP contribution in [0.15, 0.2) is 24.3 Å². The van der Waals surface area contributed by atoms with E-state index in [1.807, 2.05) is 24.3 Å². The fourth-order valence-corrected chi connectivity index (χ4v) is 3.18. The van der Waals surface area contributed by atoms with Crippen molar-refractivity contribution in [1.82, 2.24) is 5.32 Å². The Morgan fingerprint density at radius 2 is 1.73 bits per heavy atom. The summed E-state index contributed by atoms with van der Waals surface area (Å²) in [4.78, 5) is 28.5. The zero-order valence-corrected chi connectivity index (χ0v) is 15.7. The third kappa shape index (κ3) is 4.46. The monoisotopic (exact) mass is 361 g/mol. The van der Waals surface area contributed by atoms with Crippen molar-refractivity contribution in [1.29, 1.82) is 0 Å². The fourth-order valence-electron chi connectivity index (χ4n) is 3.18. The van der Waals surface area contributed by atoms with Crippen LogP contribution in [0.4, 0.5) is 16.2 Å². The van der Waals surface area contributed by atoms with Crippen molar-refractivity contribution >= 4 is 23.4 Å². The maximum absolute atomic E-state index is 12.6. The van der Waals surface area contributed by atoms with Gasteiger partial charge in [-0.2, -0.15) is 0 Å². The summed E-state index contributed by atoms with van der Waals surface area (Å²) in [6.07, 6.45) is 0.0175. The molecule has 0 bridgehead atoms. The Kier molecular flexibility index (Phi) is 5.36. The molecule has 0 aliphatic carbocycles. The molecule has 1 atom stereocenters. The Labute approximate surface area is 154 Å². The molecular formula is C19H27N3O4. The first-order chi connectivity index (χ1) is 12.3. The summed E-state index contributed by atoms with van der Waals surface area (Å²) in [7, 11) is 0. The molecule has 0 radical (unpaired) electrons. The molecule has 2 fully saturated rings. The molecule has 2 aliphatic heterocycles. The maximum atomic E-state index is 12.6. The lowest BCUT2D eigenvalue weighted by Crippen LogP contribution is -2.43. The minimum Gasteiger partial charge on any atom is -0.444 e. The molecule has 2 aliphatic rings. The zero-order chi connectivity index (χ0) is 18.7. The highest BCUT2D eigenvalue weighted by molar-refractivity contribution is 6.01. The van der Waals surface area contributed by atoms with Gasteiger partial charge in [-0.05, 0) is 51.5 Å². The summed E-state index contributed by atoms with van der Waals surface area (Å²) >= 11 is 0. The van der Waals surface area contributed by atoms with Crippen LogP contribution in [0.5, 0.6) is 0 Å². The van der Waals surface area contributed by atoms with Crippen LogP contribution in [-0.2, 0) is 14.3 Å². The number of nitrogens with zero attached hydrogens (tertiary/aromatic N) is 2. The second-order valence-electron chi connectivity index (χ2n) is 7.59. The Bertz CT molecular complexity index is 648. The molecule has 7 heteroatoms. The summed E-state index contributed by atoms with van der Waals surface area (Å²) in [5.74, 6) is -0.102. The number of carbonyl (C=O) groups excluding carboxylic acids is 2. The largest absolute Gasteiger partial charge is 0.444 e. The van der Waals surface area contributed by atoms with Crippen LogP contribution in [0.3, 0.4) is 0 Å². The summed E-state index contributed by atoms with van der Waals surface area (Å²) in [6, 6.07) is 7.44. The number of rotatable bonds is 3. The van der Waals surface area contributed by atoms with Crippen LogP contribution >= 0.6 is 0 Å². The summed E-state index contributed by atoms with van der Waals surface area (Å²) in [5, 5.41) is 2.67. The van der Waals surface area contributed by atoms with Gasteiger partial charge in [0.1, 0.15) is 11.6 Å². The highest BCUT2D eigenvalue weighted by Crippen LogP contribution is 2.25. The highest BCUT2D eigenvalue weighted by atomic mass is 16.6.